The van der Waals surface area contributed by atoms with Gasteiger partial charge >= 0.3 is 0 Å². The molecule has 3 N–H and O–H groups in total. The predicted molar refractivity (Wildman–Crippen MR) is 102 cm³/mol. The van der Waals surface area contributed by atoms with E-state index in [1.807, 2.05) is 24.3 Å². The van der Waals surface area contributed by atoms with E-state index in [1.165, 1.54) is 29.8 Å². The van der Waals surface area contributed by atoms with E-state index in [0.29, 0.717) is 11.5 Å². The van der Waals surface area contributed by atoms with Crippen LogP contribution in [0.2, 0.25) is 0 Å². The molecule has 4 nitrogen and oxygen atoms in total. The zero-order valence-electron chi connectivity index (χ0n) is 14.3. The Morgan fingerprint density at radius 2 is 1.52 bits per heavy atom. The van der Waals surface area contributed by atoms with E-state index in [4.69, 9.17) is 5.73 Å². The molecule has 0 aliphatic carbocycles. The van der Waals surface area contributed by atoms with Gasteiger partial charge in [0.05, 0.1) is 5.75 Å². The van der Waals surface area contributed by atoms with Gasteiger partial charge in [0.2, 0.25) is 10.0 Å². The SMILES string of the molecule is CC(C)c1ccc(C(N)CNS(=O)(=O)Cc2ccc(F)cc2)cc1.Cl. The quantitative estimate of drug-likeness (QED) is 0.765. The summed E-state index contributed by atoms with van der Waals surface area (Å²) in [6, 6.07) is 12.8. The Balaban J connectivity index is 0.00000312. The molecular formula is C18H24ClFN2O2S. The summed E-state index contributed by atoms with van der Waals surface area (Å²) in [6.07, 6.45) is 0. The normalized spacial score (nSPS) is 12.7. The van der Waals surface area contributed by atoms with Crippen molar-refractivity contribution in [2.45, 2.75) is 31.6 Å². The molecule has 0 bridgehead atoms. The fourth-order valence-corrected chi connectivity index (χ4v) is 3.48. The second kappa shape index (κ2) is 9.29. The number of halogens is 2. The second-order valence-corrected chi connectivity index (χ2v) is 7.97. The molecule has 2 aromatic rings. The number of sulfonamides is 1. The molecule has 0 aliphatic rings. The van der Waals surface area contributed by atoms with E-state index in [1.54, 1.807) is 0 Å². The number of hydrogen-bond acceptors (Lipinski definition) is 3. The van der Waals surface area contributed by atoms with Crippen molar-refractivity contribution in [1.29, 1.82) is 0 Å². The first-order chi connectivity index (χ1) is 11.3. The fourth-order valence-electron chi connectivity index (χ4n) is 2.31. The van der Waals surface area contributed by atoms with Crippen molar-refractivity contribution in [2.75, 3.05) is 6.54 Å². The van der Waals surface area contributed by atoms with Crippen LogP contribution in [0, 0.1) is 5.82 Å². The Kier molecular flexibility index (Phi) is 8.02. The molecule has 0 heterocycles. The maximum Gasteiger partial charge on any atom is 0.215 e. The molecule has 0 radical (unpaired) electrons. The lowest BCUT2D eigenvalue weighted by molar-refractivity contribution is 0.571. The summed E-state index contributed by atoms with van der Waals surface area (Å²) in [7, 11) is -3.52. The average Bonchev–Trinajstić information content (AvgIpc) is 2.55. The van der Waals surface area contributed by atoms with Crippen LogP contribution in [0.25, 0.3) is 0 Å². The summed E-state index contributed by atoms with van der Waals surface area (Å²) in [5, 5.41) is 0. The summed E-state index contributed by atoms with van der Waals surface area (Å²) in [6.45, 7) is 4.33. The first kappa shape index (κ1) is 21.6. The van der Waals surface area contributed by atoms with Gasteiger partial charge in [-0.25, -0.2) is 17.5 Å². The molecule has 1 unspecified atom stereocenters. The lowest BCUT2D eigenvalue weighted by atomic mass is 9.99. The molecule has 0 amide bonds. The Morgan fingerprint density at radius 1 is 1.00 bits per heavy atom. The van der Waals surface area contributed by atoms with Crippen LogP contribution in [0.15, 0.2) is 48.5 Å². The van der Waals surface area contributed by atoms with Gasteiger partial charge in [0.1, 0.15) is 5.82 Å². The molecule has 0 fully saturated rings. The molecule has 1 atom stereocenters. The topological polar surface area (TPSA) is 72.2 Å². The molecule has 7 heteroatoms. The first-order valence-corrected chi connectivity index (χ1v) is 9.49. The third-order valence-electron chi connectivity index (χ3n) is 3.82. The molecule has 2 rings (SSSR count). The van der Waals surface area contributed by atoms with E-state index >= 15 is 0 Å². The van der Waals surface area contributed by atoms with E-state index < -0.39 is 21.9 Å². The minimum atomic E-state index is -3.52. The van der Waals surface area contributed by atoms with Crippen molar-refractivity contribution in [3.05, 3.63) is 71.0 Å². The molecule has 138 valence electrons. The van der Waals surface area contributed by atoms with Gasteiger partial charge in [-0.05, 0) is 34.7 Å². The molecule has 25 heavy (non-hydrogen) atoms. The van der Waals surface area contributed by atoms with Gasteiger partial charge in [0, 0.05) is 12.6 Å². The number of nitrogens with one attached hydrogen (secondary N) is 1. The van der Waals surface area contributed by atoms with Gasteiger partial charge < -0.3 is 5.73 Å². The number of hydrogen-bond donors (Lipinski definition) is 2. The Bertz CT molecular complexity index is 763. The summed E-state index contributed by atoms with van der Waals surface area (Å²) in [5.74, 6) is -0.160. The first-order valence-electron chi connectivity index (χ1n) is 7.84. The standard InChI is InChI=1S/C18H23FN2O2S.ClH/c1-13(2)15-5-7-16(8-6-15)18(20)11-21-24(22,23)12-14-3-9-17(19)10-4-14;/h3-10,13,18,21H,11-12,20H2,1-2H3;1H. The molecule has 0 aliphatic heterocycles. The number of rotatable bonds is 7. The summed E-state index contributed by atoms with van der Waals surface area (Å²) in [4.78, 5) is 0. The van der Waals surface area contributed by atoms with Gasteiger partial charge in [-0.2, -0.15) is 0 Å². The summed E-state index contributed by atoms with van der Waals surface area (Å²) >= 11 is 0. The van der Waals surface area contributed by atoms with Crippen molar-refractivity contribution in [1.82, 2.24) is 4.72 Å². The molecule has 0 saturated carbocycles. The van der Waals surface area contributed by atoms with Crippen molar-refractivity contribution in [3.8, 4) is 0 Å². The van der Waals surface area contributed by atoms with Gasteiger partial charge in [-0.1, -0.05) is 50.2 Å². The zero-order chi connectivity index (χ0) is 17.7. The van der Waals surface area contributed by atoms with Crippen LogP contribution in [0.5, 0.6) is 0 Å². The van der Waals surface area contributed by atoms with E-state index in [0.717, 1.165) is 5.56 Å². The highest BCUT2D eigenvalue weighted by atomic mass is 35.5. The highest BCUT2D eigenvalue weighted by Crippen LogP contribution is 2.17. The van der Waals surface area contributed by atoms with E-state index in [9.17, 15) is 12.8 Å². The lowest BCUT2D eigenvalue weighted by Gasteiger charge is -2.15. The van der Waals surface area contributed by atoms with Gasteiger partial charge in [-0.3, -0.25) is 0 Å². The Morgan fingerprint density at radius 3 is 2.04 bits per heavy atom. The minimum Gasteiger partial charge on any atom is -0.323 e. The maximum absolute atomic E-state index is 12.9. The van der Waals surface area contributed by atoms with Crippen molar-refractivity contribution < 1.29 is 12.8 Å². The lowest BCUT2D eigenvalue weighted by Crippen LogP contribution is -2.32. The fraction of sp³-hybridized carbons (Fsp3) is 0.333. The largest absolute Gasteiger partial charge is 0.323 e. The van der Waals surface area contributed by atoms with Gasteiger partial charge in [0.25, 0.3) is 0 Å². The minimum absolute atomic E-state index is 0. The Hall–Kier alpha value is -1.47. The molecule has 0 aromatic heterocycles. The van der Waals surface area contributed by atoms with Crippen LogP contribution >= 0.6 is 12.4 Å². The van der Waals surface area contributed by atoms with Gasteiger partial charge in [-0.15, -0.1) is 12.4 Å². The molecular weight excluding hydrogens is 363 g/mol. The number of benzene rings is 2. The van der Waals surface area contributed by atoms with Crippen LogP contribution in [-0.2, 0) is 15.8 Å². The van der Waals surface area contributed by atoms with Crippen molar-refractivity contribution in [2.24, 2.45) is 5.73 Å². The molecule has 0 spiro atoms. The van der Waals surface area contributed by atoms with Crippen LogP contribution in [-0.4, -0.2) is 15.0 Å². The molecule has 0 saturated heterocycles. The maximum atomic E-state index is 12.9. The molecule has 2 aromatic carbocycles. The third-order valence-corrected chi connectivity index (χ3v) is 5.14. The van der Waals surface area contributed by atoms with Gasteiger partial charge in [0.15, 0.2) is 0 Å². The van der Waals surface area contributed by atoms with Crippen LogP contribution in [0.4, 0.5) is 4.39 Å². The summed E-state index contributed by atoms with van der Waals surface area (Å²) in [5.41, 5.74) is 8.68. The van der Waals surface area contributed by atoms with Crippen LogP contribution in [0.3, 0.4) is 0 Å². The Labute approximate surface area is 155 Å². The smallest absolute Gasteiger partial charge is 0.215 e. The van der Waals surface area contributed by atoms with Crippen LogP contribution in [0.1, 0.15) is 42.5 Å². The second-order valence-electron chi connectivity index (χ2n) is 6.16. The monoisotopic (exact) mass is 386 g/mol. The van der Waals surface area contributed by atoms with Crippen molar-refractivity contribution in [3.63, 3.8) is 0 Å². The zero-order valence-corrected chi connectivity index (χ0v) is 15.9. The van der Waals surface area contributed by atoms with E-state index in [-0.39, 0.29) is 24.7 Å². The third kappa shape index (κ3) is 6.74. The average molecular weight is 387 g/mol. The highest BCUT2D eigenvalue weighted by molar-refractivity contribution is 7.88. The predicted octanol–water partition coefficient (Wildman–Crippen LogP) is 3.49. The summed E-state index contributed by atoms with van der Waals surface area (Å²) < 4.78 is 39.6. The van der Waals surface area contributed by atoms with E-state index in [2.05, 4.69) is 18.6 Å². The number of nitrogens with two attached hydrogens (primary N) is 1. The highest BCUT2D eigenvalue weighted by Gasteiger charge is 2.14. The van der Waals surface area contributed by atoms with Crippen LogP contribution < -0.4 is 10.5 Å². The van der Waals surface area contributed by atoms with Crippen molar-refractivity contribution >= 4 is 22.4 Å².